The number of carbonyl (C=O) groups excluding carboxylic acids is 1. The molecule has 0 unspecified atom stereocenters. The van der Waals surface area contributed by atoms with Crippen LogP contribution in [-0.2, 0) is 4.74 Å². The number of hydrogen-bond donors (Lipinski definition) is 1. The lowest BCUT2D eigenvalue weighted by Crippen LogP contribution is -2.39. The molecule has 18 heavy (non-hydrogen) atoms. The van der Waals surface area contributed by atoms with E-state index < -0.39 is 5.97 Å². The van der Waals surface area contributed by atoms with Crippen molar-refractivity contribution in [1.29, 1.82) is 0 Å². The van der Waals surface area contributed by atoms with Gasteiger partial charge in [0.1, 0.15) is 11.4 Å². The molecule has 0 radical (unpaired) electrons. The van der Waals surface area contributed by atoms with Crippen LogP contribution >= 0.6 is 0 Å². The van der Waals surface area contributed by atoms with E-state index >= 15 is 0 Å². The number of aromatic nitrogens is 1. The lowest BCUT2D eigenvalue weighted by atomic mass is 10.0. The minimum Gasteiger partial charge on any atom is -0.465 e. The van der Waals surface area contributed by atoms with Crippen molar-refractivity contribution < 1.29 is 9.53 Å². The lowest BCUT2D eigenvalue weighted by molar-refractivity contribution is 0.0601. The van der Waals surface area contributed by atoms with Crippen molar-refractivity contribution in [3.8, 4) is 0 Å². The molecule has 2 rings (SSSR count). The number of pyridine rings is 1. The van der Waals surface area contributed by atoms with Crippen LogP contribution in [0.1, 0.15) is 37.0 Å². The van der Waals surface area contributed by atoms with Gasteiger partial charge in [-0.3, -0.25) is 0 Å². The van der Waals surface area contributed by atoms with Crippen molar-refractivity contribution in [1.82, 2.24) is 4.98 Å². The van der Waals surface area contributed by atoms with Crippen molar-refractivity contribution in [2.45, 2.75) is 32.2 Å². The molecule has 1 aromatic heterocycles. The molecule has 1 aliphatic heterocycles. The number of methoxy groups -OCH3 is 1. The number of nitrogens with zero attached hydrogens (tertiary/aromatic N) is 2. The summed E-state index contributed by atoms with van der Waals surface area (Å²) in [6.45, 7) is 5.20. The van der Waals surface area contributed by atoms with Gasteiger partial charge in [0.05, 0.1) is 19.0 Å². The standard InChI is InChI=1S/C13H19N3O2/c1-13(2)5-4-6-16(13)11-10(12(17)18-3)7-9(14)8-15-11/h7-8H,4-6,14H2,1-3H3. The van der Waals surface area contributed by atoms with Gasteiger partial charge in [-0.25, -0.2) is 9.78 Å². The molecule has 1 saturated heterocycles. The molecular weight excluding hydrogens is 230 g/mol. The molecule has 0 saturated carbocycles. The summed E-state index contributed by atoms with van der Waals surface area (Å²) in [6.07, 6.45) is 3.76. The first-order valence-corrected chi connectivity index (χ1v) is 6.07. The van der Waals surface area contributed by atoms with Gasteiger partial charge in [0.15, 0.2) is 0 Å². The SMILES string of the molecule is COC(=O)c1cc(N)cnc1N1CCCC1(C)C. The lowest BCUT2D eigenvalue weighted by Gasteiger charge is -2.33. The number of rotatable bonds is 2. The Hall–Kier alpha value is -1.78. The maximum absolute atomic E-state index is 11.8. The zero-order valence-corrected chi connectivity index (χ0v) is 11.1. The molecule has 0 bridgehead atoms. The third-order valence-corrected chi connectivity index (χ3v) is 3.45. The smallest absolute Gasteiger partial charge is 0.341 e. The minimum absolute atomic E-state index is 0.00584. The van der Waals surface area contributed by atoms with Gasteiger partial charge < -0.3 is 15.4 Å². The summed E-state index contributed by atoms with van der Waals surface area (Å²) in [5.74, 6) is 0.269. The van der Waals surface area contributed by atoms with Crippen LogP contribution in [0.3, 0.4) is 0 Å². The fraction of sp³-hybridized carbons (Fsp3) is 0.538. The fourth-order valence-corrected chi connectivity index (χ4v) is 2.45. The predicted molar refractivity (Wildman–Crippen MR) is 70.6 cm³/mol. The highest BCUT2D eigenvalue weighted by Crippen LogP contribution is 2.34. The Kier molecular flexibility index (Phi) is 3.15. The highest BCUT2D eigenvalue weighted by Gasteiger charge is 2.35. The zero-order valence-electron chi connectivity index (χ0n) is 11.1. The van der Waals surface area contributed by atoms with Crippen LogP contribution < -0.4 is 10.6 Å². The van der Waals surface area contributed by atoms with E-state index in [1.807, 2.05) is 0 Å². The molecule has 0 amide bonds. The monoisotopic (exact) mass is 249 g/mol. The van der Waals surface area contributed by atoms with Gasteiger partial charge in [0.25, 0.3) is 0 Å². The third kappa shape index (κ3) is 2.12. The molecule has 98 valence electrons. The van der Waals surface area contributed by atoms with Crippen LogP contribution in [-0.4, -0.2) is 30.1 Å². The number of ether oxygens (including phenoxy) is 1. The molecule has 2 N–H and O–H groups in total. The van der Waals surface area contributed by atoms with Crippen molar-refractivity contribution >= 4 is 17.5 Å². The van der Waals surface area contributed by atoms with Crippen LogP contribution in [0.2, 0.25) is 0 Å². The average molecular weight is 249 g/mol. The first-order chi connectivity index (χ1) is 8.45. The summed E-state index contributed by atoms with van der Waals surface area (Å²) in [5, 5.41) is 0. The Labute approximate surface area is 107 Å². The molecule has 0 spiro atoms. The summed E-state index contributed by atoms with van der Waals surface area (Å²) in [7, 11) is 1.37. The van der Waals surface area contributed by atoms with Gasteiger partial charge in [0, 0.05) is 12.1 Å². The van der Waals surface area contributed by atoms with Crippen LogP contribution in [0, 0.1) is 0 Å². The van der Waals surface area contributed by atoms with Crippen LogP contribution in [0.5, 0.6) is 0 Å². The molecule has 1 fully saturated rings. The number of carbonyl (C=O) groups is 1. The maximum Gasteiger partial charge on any atom is 0.341 e. The van der Waals surface area contributed by atoms with Crippen molar-refractivity contribution in [3.05, 3.63) is 17.8 Å². The van der Waals surface area contributed by atoms with E-state index in [1.165, 1.54) is 7.11 Å². The molecule has 0 aliphatic carbocycles. The molecule has 5 nitrogen and oxygen atoms in total. The van der Waals surface area contributed by atoms with E-state index in [0.717, 1.165) is 19.4 Å². The number of nitrogen functional groups attached to an aromatic ring is 1. The molecule has 1 aromatic rings. The van der Waals surface area contributed by atoms with E-state index in [2.05, 4.69) is 23.7 Å². The Balaban J connectivity index is 2.47. The minimum atomic E-state index is -0.396. The average Bonchev–Trinajstić information content (AvgIpc) is 2.68. The summed E-state index contributed by atoms with van der Waals surface area (Å²) in [6, 6.07) is 1.63. The number of hydrogen-bond acceptors (Lipinski definition) is 5. The third-order valence-electron chi connectivity index (χ3n) is 3.45. The van der Waals surface area contributed by atoms with Crippen molar-refractivity contribution in [3.63, 3.8) is 0 Å². The van der Waals surface area contributed by atoms with E-state index in [4.69, 9.17) is 10.5 Å². The van der Waals surface area contributed by atoms with E-state index in [9.17, 15) is 4.79 Å². The molecule has 0 atom stereocenters. The first-order valence-electron chi connectivity index (χ1n) is 6.07. The van der Waals surface area contributed by atoms with E-state index in [-0.39, 0.29) is 5.54 Å². The van der Waals surface area contributed by atoms with E-state index in [0.29, 0.717) is 17.1 Å². The first kappa shape index (κ1) is 12.7. The quantitative estimate of drug-likeness (QED) is 0.810. The summed E-state index contributed by atoms with van der Waals surface area (Å²) < 4.78 is 4.80. The van der Waals surface area contributed by atoms with Gasteiger partial charge in [-0.2, -0.15) is 0 Å². The van der Waals surface area contributed by atoms with Gasteiger partial charge in [-0.05, 0) is 32.8 Å². The second kappa shape index (κ2) is 4.48. The predicted octanol–water partition coefficient (Wildman–Crippen LogP) is 1.83. The number of nitrogens with two attached hydrogens (primary N) is 1. The number of esters is 1. The fourth-order valence-electron chi connectivity index (χ4n) is 2.45. The molecule has 5 heteroatoms. The highest BCUT2D eigenvalue weighted by molar-refractivity contribution is 5.95. The second-order valence-corrected chi connectivity index (χ2v) is 5.20. The summed E-state index contributed by atoms with van der Waals surface area (Å²) in [4.78, 5) is 18.3. The molecule has 1 aliphatic rings. The van der Waals surface area contributed by atoms with E-state index in [1.54, 1.807) is 12.3 Å². The van der Waals surface area contributed by atoms with Crippen LogP contribution in [0.15, 0.2) is 12.3 Å². The van der Waals surface area contributed by atoms with Gasteiger partial charge >= 0.3 is 5.97 Å². The molecule has 0 aromatic carbocycles. The Morgan fingerprint density at radius 1 is 1.56 bits per heavy atom. The zero-order chi connectivity index (χ0) is 13.3. The van der Waals surface area contributed by atoms with Gasteiger partial charge in [-0.1, -0.05) is 0 Å². The van der Waals surface area contributed by atoms with Crippen LogP contribution in [0.4, 0.5) is 11.5 Å². The Bertz CT molecular complexity index is 471. The largest absolute Gasteiger partial charge is 0.465 e. The summed E-state index contributed by atoms with van der Waals surface area (Å²) >= 11 is 0. The van der Waals surface area contributed by atoms with Crippen molar-refractivity contribution in [2.24, 2.45) is 0 Å². The second-order valence-electron chi connectivity index (χ2n) is 5.20. The number of anilines is 2. The van der Waals surface area contributed by atoms with Crippen LogP contribution in [0.25, 0.3) is 0 Å². The molecule has 2 heterocycles. The van der Waals surface area contributed by atoms with Gasteiger partial charge in [-0.15, -0.1) is 0 Å². The topological polar surface area (TPSA) is 68.5 Å². The molecular formula is C13H19N3O2. The Morgan fingerprint density at radius 2 is 2.28 bits per heavy atom. The maximum atomic E-state index is 11.8. The highest BCUT2D eigenvalue weighted by atomic mass is 16.5. The van der Waals surface area contributed by atoms with Crippen molar-refractivity contribution in [2.75, 3.05) is 24.3 Å². The summed E-state index contributed by atoms with van der Waals surface area (Å²) in [5.41, 5.74) is 6.61. The Morgan fingerprint density at radius 3 is 2.83 bits per heavy atom. The normalized spacial score (nSPS) is 17.8. The van der Waals surface area contributed by atoms with Gasteiger partial charge in [0.2, 0.25) is 0 Å².